The van der Waals surface area contributed by atoms with Gasteiger partial charge in [0.15, 0.2) is 0 Å². The molecule has 4 N–H and O–H groups in total. The SMILES string of the molecule is Cc1cc(C(=O)N[C@@H](Cc2ccccc2)C(=O)O)ccc1-c1cccc2c(CCCOc3cccc4ccccc34)c(C(=O)O)[nH]c12. The highest BCUT2D eigenvalue weighted by Crippen LogP contribution is 2.35. The van der Waals surface area contributed by atoms with E-state index >= 15 is 0 Å². The van der Waals surface area contributed by atoms with Gasteiger partial charge in [0.05, 0.1) is 12.1 Å². The van der Waals surface area contributed by atoms with Crippen LogP contribution in [0.2, 0.25) is 0 Å². The van der Waals surface area contributed by atoms with Gasteiger partial charge in [-0.25, -0.2) is 9.59 Å². The lowest BCUT2D eigenvalue weighted by atomic mass is 9.95. The molecular weight excluding hydrogens is 592 g/mol. The number of aromatic carboxylic acids is 1. The number of aliphatic carboxylic acids is 1. The lowest BCUT2D eigenvalue weighted by Gasteiger charge is -2.16. The van der Waals surface area contributed by atoms with E-state index in [9.17, 15) is 24.6 Å². The number of aromatic amines is 1. The number of carboxylic acids is 2. The van der Waals surface area contributed by atoms with E-state index in [0.717, 1.165) is 44.2 Å². The largest absolute Gasteiger partial charge is 0.493 e. The molecule has 236 valence electrons. The van der Waals surface area contributed by atoms with E-state index in [1.165, 1.54) is 0 Å². The van der Waals surface area contributed by atoms with Crippen LogP contribution in [0.5, 0.6) is 5.75 Å². The molecule has 1 atom stereocenters. The zero-order valence-electron chi connectivity index (χ0n) is 25.8. The summed E-state index contributed by atoms with van der Waals surface area (Å²) in [6.07, 6.45) is 1.28. The molecule has 0 aliphatic heterocycles. The van der Waals surface area contributed by atoms with E-state index in [1.54, 1.807) is 12.1 Å². The van der Waals surface area contributed by atoms with Crippen molar-refractivity contribution in [2.24, 2.45) is 0 Å². The molecule has 6 rings (SSSR count). The molecule has 0 spiro atoms. The van der Waals surface area contributed by atoms with E-state index in [1.807, 2.05) is 104 Å². The minimum Gasteiger partial charge on any atom is -0.493 e. The van der Waals surface area contributed by atoms with Crippen LogP contribution in [-0.2, 0) is 17.6 Å². The summed E-state index contributed by atoms with van der Waals surface area (Å²) in [5.74, 6) is -1.84. The molecular formula is C39H34N2O6. The van der Waals surface area contributed by atoms with Crippen LogP contribution in [-0.4, -0.2) is 45.7 Å². The molecule has 0 bridgehead atoms. The second-order valence-electron chi connectivity index (χ2n) is 11.5. The Labute approximate surface area is 271 Å². The number of para-hydroxylation sites is 1. The monoisotopic (exact) mass is 626 g/mol. The molecule has 5 aromatic carbocycles. The van der Waals surface area contributed by atoms with Gasteiger partial charge in [0, 0.05) is 28.3 Å². The number of carboxylic acid groups (broad SMARTS) is 2. The summed E-state index contributed by atoms with van der Waals surface area (Å²) in [4.78, 5) is 40.5. The van der Waals surface area contributed by atoms with Gasteiger partial charge in [-0.1, -0.05) is 91.0 Å². The Morgan fingerprint density at radius 3 is 2.30 bits per heavy atom. The Morgan fingerprint density at radius 1 is 0.809 bits per heavy atom. The predicted octanol–water partition coefficient (Wildman–Crippen LogP) is 7.43. The van der Waals surface area contributed by atoms with Gasteiger partial charge in [-0.3, -0.25) is 4.79 Å². The van der Waals surface area contributed by atoms with Gasteiger partial charge in [0.2, 0.25) is 0 Å². The summed E-state index contributed by atoms with van der Waals surface area (Å²) < 4.78 is 6.11. The van der Waals surface area contributed by atoms with Gasteiger partial charge in [-0.15, -0.1) is 0 Å². The number of amides is 1. The van der Waals surface area contributed by atoms with Crippen molar-refractivity contribution < 1.29 is 29.3 Å². The molecule has 8 nitrogen and oxygen atoms in total. The van der Waals surface area contributed by atoms with E-state index in [-0.39, 0.29) is 12.1 Å². The average molecular weight is 627 g/mol. The predicted molar refractivity (Wildman–Crippen MR) is 182 cm³/mol. The number of fused-ring (bicyclic) bond motifs is 2. The Morgan fingerprint density at radius 2 is 1.53 bits per heavy atom. The number of rotatable bonds is 12. The molecule has 47 heavy (non-hydrogen) atoms. The van der Waals surface area contributed by atoms with Crippen LogP contribution >= 0.6 is 0 Å². The summed E-state index contributed by atoms with van der Waals surface area (Å²) in [7, 11) is 0. The third kappa shape index (κ3) is 6.72. The van der Waals surface area contributed by atoms with Gasteiger partial charge >= 0.3 is 11.9 Å². The third-order valence-corrected chi connectivity index (χ3v) is 8.40. The van der Waals surface area contributed by atoms with Gasteiger partial charge in [-0.05, 0) is 65.6 Å². The minimum absolute atomic E-state index is 0.143. The Kier molecular flexibility index (Phi) is 9.02. The van der Waals surface area contributed by atoms with E-state index < -0.39 is 23.9 Å². The molecule has 8 heteroatoms. The molecule has 0 aliphatic rings. The number of carbonyl (C=O) groups excluding carboxylic acids is 1. The molecule has 1 amide bonds. The fourth-order valence-corrected chi connectivity index (χ4v) is 6.09. The van der Waals surface area contributed by atoms with Crippen molar-refractivity contribution in [3.8, 4) is 16.9 Å². The lowest BCUT2D eigenvalue weighted by molar-refractivity contribution is -0.139. The number of H-pyrrole nitrogens is 1. The molecule has 6 aromatic rings. The highest BCUT2D eigenvalue weighted by molar-refractivity contribution is 6.04. The number of aromatic nitrogens is 1. The number of nitrogens with one attached hydrogen (secondary N) is 2. The van der Waals surface area contributed by atoms with Gasteiger partial charge in [-0.2, -0.15) is 0 Å². The van der Waals surface area contributed by atoms with Crippen LogP contribution in [0.1, 0.15) is 44.0 Å². The number of hydrogen-bond donors (Lipinski definition) is 4. The third-order valence-electron chi connectivity index (χ3n) is 8.40. The fourth-order valence-electron chi connectivity index (χ4n) is 6.09. The highest BCUT2D eigenvalue weighted by Gasteiger charge is 2.23. The van der Waals surface area contributed by atoms with Crippen molar-refractivity contribution in [2.75, 3.05) is 6.61 Å². The number of hydrogen-bond acceptors (Lipinski definition) is 4. The van der Waals surface area contributed by atoms with Crippen LogP contribution in [0, 0.1) is 6.92 Å². The summed E-state index contributed by atoms with van der Waals surface area (Å²) in [6.45, 7) is 2.30. The summed E-state index contributed by atoms with van der Waals surface area (Å²) in [6, 6.07) is 32.9. The molecule has 1 heterocycles. The van der Waals surface area contributed by atoms with Crippen LogP contribution in [0.25, 0.3) is 32.8 Å². The Hall–Kier alpha value is -5.89. The topological polar surface area (TPSA) is 129 Å². The number of carbonyl (C=O) groups is 3. The molecule has 0 aliphatic carbocycles. The maximum absolute atomic E-state index is 13.1. The molecule has 0 unspecified atom stereocenters. The van der Waals surface area contributed by atoms with Gasteiger partial charge < -0.3 is 25.3 Å². The fraction of sp³-hybridized carbons (Fsp3) is 0.154. The molecule has 1 aromatic heterocycles. The highest BCUT2D eigenvalue weighted by atomic mass is 16.5. The maximum Gasteiger partial charge on any atom is 0.352 e. The van der Waals surface area contributed by atoms with E-state index in [0.29, 0.717) is 36.1 Å². The first-order valence-corrected chi connectivity index (χ1v) is 15.5. The van der Waals surface area contributed by atoms with Gasteiger partial charge in [0.1, 0.15) is 17.5 Å². The number of ether oxygens (including phenoxy) is 1. The minimum atomic E-state index is -1.11. The number of benzene rings is 5. The molecule has 0 saturated carbocycles. The summed E-state index contributed by atoms with van der Waals surface area (Å²) in [5.41, 5.74) is 5.12. The summed E-state index contributed by atoms with van der Waals surface area (Å²) in [5, 5.41) is 25.4. The first-order chi connectivity index (χ1) is 22.8. The summed E-state index contributed by atoms with van der Waals surface area (Å²) >= 11 is 0. The van der Waals surface area contributed by atoms with E-state index in [2.05, 4.69) is 10.3 Å². The van der Waals surface area contributed by atoms with Crippen LogP contribution in [0.4, 0.5) is 0 Å². The Balaban J connectivity index is 1.21. The standard InChI is InChI=1S/C39H34N2O6/c1-24-22-27(37(42)40-33(38(43)44)23-25-10-3-2-4-11-25)19-20-28(24)30-15-8-16-31-32(36(39(45)46)41-35(30)31)17-9-21-47-34-18-7-13-26-12-5-6-14-29(26)34/h2-8,10-16,18-20,22,33,41H,9,17,21,23H2,1H3,(H,40,42)(H,43,44)(H,45,46)/t33-/m0/s1. The van der Waals surface area contributed by atoms with Crippen molar-refractivity contribution in [1.29, 1.82) is 0 Å². The number of aryl methyl sites for hydroxylation is 2. The second kappa shape index (κ2) is 13.6. The second-order valence-corrected chi connectivity index (χ2v) is 11.5. The first kappa shape index (κ1) is 31.1. The molecule has 0 saturated heterocycles. The van der Waals surface area contributed by atoms with Crippen molar-refractivity contribution in [3.63, 3.8) is 0 Å². The Bertz CT molecular complexity index is 2090. The molecule has 0 radical (unpaired) electrons. The first-order valence-electron chi connectivity index (χ1n) is 15.5. The van der Waals surface area contributed by atoms with Crippen LogP contribution in [0.3, 0.4) is 0 Å². The normalized spacial score (nSPS) is 11.8. The zero-order chi connectivity index (χ0) is 32.9. The van der Waals surface area contributed by atoms with Crippen molar-refractivity contribution >= 4 is 39.5 Å². The molecule has 0 fully saturated rings. The smallest absolute Gasteiger partial charge is 0.352 e. The van der Waals surface area contributed by atoms with Crippen molar-refractivity contribution in [1.82, 2.24) is 10.3 Å². The zero-order valence-corrected chi connectivity index (χ0v) is 25.8. The van der Waals surface area contributed by atoms with Crippen LogP contribution < -0.4 is 10.1 Å². The van der Waals surface area contributed by atoms with Gasteiger partial charge in [0.25, 0.3) is 5.91 Å². The lowest BCUT2D eigenvalue weighted by Crippen LogP contribution is -2.42. The van der Waals surface area contributed by atoms with Crippen molar-refractivity contribution in [2.45, 2.75) is 32.2 Å². The maximum atomic E-state index is 13.1. The van der Waals surface area contributed by atoms with Crippen LogP contribution in [0.15, 0.2) is 109 Å². The van der Waals surface area contributed by atoms with E-state index in [4.69, 9.17) is 4.74 Å². The van der Waals surface area contributed by atoms with Crippen molar-refractivity contribution in [3.05, 3.63) is 137 Å². The quantitative estimate of drug-likeness (QED) is 0.105. The average Bonchev–Trinajstić information content (AvgIpc) is 3.46.